The quantitative estimate of drug-likeness (QED) is 0.617. The summed E-state index contributed by atoms with van der Waals surface area (Å²) in [5.74, 6) is -0.854. The van der Waals surface area contributed by atoms with Crippen molar-refractivity contribution in [2.45, 2.75) is 19.3 Å². The van der Waals surface area contributed by atoms with Gasteiger partial charge in [-0.1, -0.05) is 41.9 Å². The molecule has 5 nitrogen and oxygen atoms in total. The van der Waals surface area contributed by atoms with Gasteiger partial charge in [-0.15, -0.1) is 0 Å². The van der Waals surface area contributed by atoms with Crippen molar-refractivity contribution in [1.82, 2.24) is 20.0 Å². The van der Waals surface area contributed by atoms with Crippen LogP contribution in [-0.4, -0.2) is 34.7 Å². The van der Waals surface area contributed by atoms with E-state index < -0.39 is 23.3 Å². The molecule has 1 N–H and O–H groups in total. The Morgan fingerprint density at radius 3 is 2.40 bits per heavy atom. The van der Waals surface area contributed by atoms with Gasteiger partial charge in [0.05, 0.1) is 17.4 Å². The van der Waals surface area contributed by atoms with Gasteiger partial charge in [0, 0.05) is 18.1 Å². The molecule has 3 rings (SSSR count). The molecule has 0 aliphatic carbocycles. The highest BCUT2D eigenvalue weighted by Gasteiger charge is 2.40. The number of carbonyl (C=O) groups excluding carboxylic acids is 1. The summed E-state index contributed by atoms with van der Waals surface area (Å²) in [6.07, 6.45) is -3.86. The van der Waals surface area contributed by atoms with Gasteiger partial charge < -0.3 is 10.2 Å². The molecule has 0 radical (unpaired) electrons. The van der Waals surface area contributed by atoms with E-state index in [4.69, 9.17) is 11.6 Å². The van der Waals surface area contributed by atoms with Crippen LogP contribution in [0.25, 0.3) is 5.69 Å². The molecule has 1 amide bonds. The fraction of sp³-hybridized carbons (Fsp3) is 0.238. The van der Waals surface area contributed by atoms with E-state index in [0.717, 1.165) is 23.9 Å². The highest BCUT2D eigenvalue weighted by molar-refractivity contribution is 6.30. The van der Waals surface area contributed by atoms with Crippen LogP contribution in [0.15, 0.2) is 54.7 Å². The van der Waals surface area contributed by atoms with Gasteiger partial charge in [-0.2, -0.15) is 18.3 Å². The van der Waals surface area contributed by atoms with Crippen LogP contribution >= 0.6 is 11.6 Å². The lowest BCUT2D eigenvalue weighted by atomic mass is 10.1. The summed E-state index contributed by atoms with van der Waals surface area (Å²) >= 11 is 5.88. The van der Waals surface area contributed by atoms with E-state index in [2.05, 4.69) is 10.4 Å². The zero-order valence-electron chi connectivity index (χ0n) is 16.4. The number of benzene rings is 2. The smallest absolute Gasteiger partial charge is 0.348 e. The zero-order valence-corrected chi connectivity index (χ0v) is 17.1. The van der Waals surface area contributed by atoms with Crippen molar-refractivity contribution in [3.05, 3.63) is 82.1 Å². The molecule has 0 atom stereocenters. The van der Waals surface area contributed by atoms with Gasteiger partial charge in [-0.3, -0.25) is 4.79 Å². The third kappa shape index (κ3) is 5.20. The van der Waals surface area contributed by atoms with Crippen LogP contribution in [0, 0.1) is 0 Å². The summed E-state index contributed by atoms with van der Waals surface area (Å²) in [7, 11) is 3.91. The second-order valence-corrected chi connectivity index (χ2v) is 7.47. The van der Waals surface area contributed by atoms with Crippen LogP contribution in [0.5, 0.6) is 0 Å². The molecule has 3 aromatic rings. The van der Waals surface area contributed by atoms with Crippen molar-refractivity contribution in [2.24, 2.45) is 0 Å². The first-order valence-electron chi connectivity index (χ1n) is 9.07. The summed E-state index contributed by atoms with van der Waals surface area (Å²) in [6.45, 7) is 0.866. The molecule has 0 saturated heterocycles. The van der Waals surface area contributed by atoms with Crippen LogP contribution in [0.3, 0.4) is 0 Å². The maximum atomic E-state index is 13.7. The molecule has 0 bridgehead atoms. The molecule has 2 aromatic carbocycles. The number of hydrogen-bond donors (Lipinski definition) is 1. The highest BCUT2D eigenvalue weighted by Crippen LogP contribution is 2.34. The summed E-state index contributed by atoms with van der Waals surface area (Å²) in [5.41, 5.74) is 0.291. The summed E-state index contributed by atoms with van der Waals surface area (Å²) in [6, 6.07) is 13.3. The van der Waals surface area contributed by atoms with Gasteiger partial charge in [0.1, 0.15) is 0 Å². The number of amides is 1. The zero-order chi connectivity index (χ0) is 21.9. The lowest BCUT2D eigenvalue weighted by Crippen LogP contribution is -2.26. The Morgan fingerprint density at radius 2 is 1.80 bits per heavy atom. The van der Waals surface area contributed by atoms with Crippen molar-refractivity contribution < 1.29 is 18.0 Å². The monoisotopic (exact) mass is 436 g/mol. The topological polar surface area (TPSA) is 50.2 Å². The molecule has 9 heteroatoms. The molecule has 0 aliphatic rings. The third-order valence-electron chi connectivity index (χ3n) is 4.31. The van der Waals surface area contributed by atoms with E-state index in [9.17, 15) is 18.0 Å². The highest BCUT2D eigenvalue weighted by atomic mass is 35.5. The lowest BCUT2D eigenvalue weighted by Gasteiger charge is -2.13. The molecule has 0 saturated carbocycles. The number of rotatable bonds is 6. The number of halogens is 4. The lowest BCUT2D eigenvalue weighted by molar-refractivity contribution is -0.143. The second-order valence-electron chi connectivity index (χ2n) is 7.03. The Balaban J connectivity index is 1.80. The summed E-state index contributed by atoms with van der Waals surface area (Å²) in [4.78, 5) is 14.5. The van der Waals surface area contributed by atoms with Crippen LogP contribution in [-0.2, 0) is 19.3 Å². The number of aromatic nitrogens is 2. The molecule has 158 valence electrons. The maximum Gasteiger partial charge on any atom is 0.434 e. The van der Waals surface area contributed by atoms with Crippen molar-refractivity contribution in [3.63, 3.8) is 0 Å². The summed E-state index contributed by atoms with van der Waals surface area (Å²) in [5, 5.41) is 6.58. The van der Waals surface area contributed by atoms with Gasteiger partial charge >= 0.3 is 6.18 Å². The van der Waals surface area contributed by atoms with E-state index in [1.165, 1.54) is 18.2 Å². The van der Waals surface area contributed by atoms with E-state index in [1.54, 1.807) is 6.07 Å². The summed E-state index contributed by atoms with van der Waals surface area (Å²) < 4.78 is 41.8. The minimum atomic E-state index is -4.78. The second kappa shape index (κ2) is 8.89. The first-order valence-corrected chi connectivity index (χ1v) is 9.45. The average Bonchev–Trinajstić information content (AvgIpc) is 3.12. The van der Waals surface area contributed by atoms with E-state index in [1.807, 2.05) is 43.3 Å². The predicted molar refractivity (Wildman–Crippen MR) is 109 cm³/mol. The standard InChI is InChI=1S/C21H20ClF3N4O/c1-28(2)13-15-8-6-14(7-9-15)11-26-20(30)18-12-27-29(19(18)21(23,24)25)17-5-3-4-16(22)10-17/h3-10,12H,11,13H2,1-2H3,(H,26,30). The SMILES string of the molecule is CN(C)Cc1ccc(CNC(=O)c2cnn(-c3cccc(Cl)c3)c2C(F)(F)F)cc1. The molecule has 0 fully saturated rings. The number of nitrogens with one attached hydrogen (secondary N) is 1. The van der Waals surface area contributed by atoms with Gasteiger partial charge in [0.15, 0.2) is 5.69 Å². The Morgan fingerprint density at radius 1 is 1.13 bits per heavy atom. The van der Waals surface area contributed by atoms with Crippen LogP contribution in [0.1, 0.15) is 27.2 Å². The Bertz CT molecular complexity index is 1030. The van der Waals surface area contributed by atoms with Gasteiger partial charge in [-0.25, -0.2) is 4.68 Å². The average molecular weight is 437 g/mol. The number of hydrogen-bond acceptors (Lipinski definition) is 3. The molecular formula is C21H20ClF3N4O. The van der Waals surface area contributed by atoms with Crippen LogP contribution in [0.4, 0.5) is 13.2 Å². The minimum absolute atomic E-state index is 0.0979. The Labute approximate surface area is 177 Å². The minimum Gasteiger partial charge on any atom is -0.348 e. The van der Waals surface area contributed by atoms with Crippen molar-refractivity contribution in [3.8, 4) is 5.69 Å². The fourth-order valence-electron chi connectivity index (χ4n) is 3.00. The molecule has 0 unspecified atom stereocenters. The van der Waals surface area contributed by atoms with Crippen molar-refractivity contribution in [2.75, 3.05) is 14.1 Å². The van der Waals surface area contributed by atoms with Crippen molar-refractivity contribution in [1.29, 1.82) is 0 Å². The Hall–Kier alpha value is -2.84. The van der Waals surface area contributed by atoms with Gasteiger partial charge in [-0.05, 0) is 43.4 Å². The maximum absolute atomic E-state index is 13.7. The van der Waals surface area contributed by atoms with E-state index in [-0.39, 0.29) is 17.3 Å². The van der Waals surface area contributed by atoms with Gasteiger partial charge in [0.2, 0.25) is 0 Å². The Kier molecular flexibility index (Phi) is 6.48. The molecule has 30 heavy (non-hydrogen) atoms. The molecular weight excluding hydrogens is 417 g/mol. The predicted octanol–water partition coefficient (Wildman–Crippen LogP) is 4.54. The largest absolute Gasteiger partial charge is 0.434 e. The third-order valence-corrected chi connectivity index (χ3v) is 4.55. The van der Waals surface area contributed by atoms with E-state index >= 15 is 0 Å². The fourth-order valence-corrected chi connectivity index (χ4v) is 3.18. The first kappa shape index (κ1) is 21.9. The molecule has 1 aromatic heterocycles. The number of carbonyl (C=O) groups is 1. The van der Waals surface area contributed by atoms with Crippen LogP contribution < -0.4 is 5.32 Å². The van der Waals surface area contributed by atoms with Crippen molar-refractivity contribution >= 4 is 17.5 Å². The molecule has 1 heterocycles. The van der Waals surface area contributed by atoms with Gasteiger partial charge in [0.25, 0.3) is 5.91 Å². The van der Waals surface area contributed by atoms with E-state index in [0.29, 0.717) is 4.68 Å². The van der Waals surface area contributed by atoms with Crippen LogP contribution in [0.2, 0.25) is 5.02 Å². The molecule has 0 aliphatic heterocycles. The normalized spacial score (nSPS) is 11.7. The number of alkyl halides is 3. The number of nitrogens with zero attached hydrogens (tertiary/aromatic N) is 3. The first-order chi connectivity index (χ1) is 14.1. The molecule has 0 spiro atoms.